The number of carbonyl (C=O) groups is 2. The molecule has 0 saturated heterocycles. The molecule has 0 bridgehead atoms. The summed E-state index contributed by atoms with van der Waals surface area (Å²) in [6, 6.07) is 18.6. The average molecular weight is 472 g/mol. The van der Waals surface area contributed by atoms with E-state index in [2.05, 4.69) is 10.6 Å². The third-order valence-electron chi connectivity index (χ3n) is 4.72. The molecule has 0 radical (unpaired) electrons. The summed E-state index contributed by atoms with van der Waals surface area (Å²) in [5.74, 6) is -0.723. The predicted molar refractivity (Wildman–Crippen MR) is 131 cm³/mol. The fourth-order valence-electron chi connectivity index (χ4n) is 2.95. The highest BCUT2D eigenvalue weighted by Crippen LogP contribution is 2.15. The van der Waals surface area contributed by atoms with Gasteiger partial charge in [0.25, 0.3) is 11.4 Å². The van der Waals surface area contributed by atoms with Crippen molar-refractivity contribution in [1.82, 2.24) is 5.32 Å². The number of nitrogens with zero attached hydrogens (tertiary/aromatic N) is 2. The van der Waals surface area contributed by atoms with Crippen LogP contribution in [0.4, 0.5) is 17.1 Å². The Balaban J connectivity index is 1.50. The molecule has 0 aliphatic heterocycles. The molecule has 0 saturated carbocycles. The Labute approximate surface area is 199 Å². The molecule has 3 rings (SSSR count). The van der Waals surface area contributed by atoms with Gasteiger partial charge in [-0.2, -0.15) is 0 Å². The van der Waals surface area contributed by atoms with Crippen LogP contribution in [0.5, 0.6) is 0 Å². The quantitative estimate of drug-likeness (QED) is 0.267. The van der Waals surface area contributed by atoms with E-state index in [1.165, 1.54) is 36.4 Å². The summed E-state index contributed by atoms with van der Waals surface area (Å²) in [5, 5.41) is 26.8. The van der Waals surface area contributed by atoms with Gasteiger partial charge < -0.3 is 10.6 Å². The fourth-order valence-corrected chi connectivity index (χ4v) is 2.95. The molecule has 0 atom stereocenters. The Bertz CT molecular complexity index is 1300. The summed E-state index contributed by atoms with van der Waals surface area (Å²) >= 11 is 0. The van der Waals surface area contributed by atoms with Crippen molar-refractivity contribution in [3.8, 4) is 0 Å². The molecular formula is C25H20N4O6. The Hall–Kier alpha value is -5.12. The van der Waals surface area contributed by atoms with Gasteiger partial charge in [0.1, 0.15) is 0 Å². The van der Waals surface area contributed by atoms with Crippen LogP contribution in [-0.4, -0.2) is 21.7 Å². The van der Waals surface area contributed by atoms with Crippen molar-refractivity contribution in [3.05, 3.63) is 122 Å². The normalized spacial score (nSPS) is 10.9. The zero-order valence-corrected chi connectivity index (χ0v) is 18.3. The lowest BCUT2D eigenvalue weighted by molar-refractivity contribution is -0.385. The van der Waals surface area contributed by atoms with Gasteiger partial charge in [-0.25, -0.2) is 0 Å². The van der Waals surface area contributed by atoms with E-state index in [1.54, 1.807) is 60.7 Å². The van der Waals surface area contributed by atoms with Gasteiger partial charge in [-0.05, 0) is 65.2 Å². The lowest BCUT2D eigenvalue weighted by Crippen LogP contribution is -2.20. The van der Waals surface area contributed by atoms with Crippen LogP contribution in [0, 0.1) is 20.2 Å². The minimum atomic E-state index is -0.495. The average Bonchev–Trinajstić information content (AvgIpc) is 2.85. The Morgan fingerprint density at radius 2 is 1.26 bits per heavy atom. The largest absolute Gasteiger partial charge is 0.348 e. The Morgan fingerprint density at radius 1 is 0.743 bits per heavy atom. The number of anilines is 1. The number of non-ortho nitro benzene ring substituents is 2. The van der Waals surface area contributed by atoms with Crippen LogP contribution in [0.2, 0.25) is 0 Å². The highest BCUT2D eigenvalue weighted by molar-refractivity contribution is 6.02. The van der Waals surface area contributed by atoms with E-state index in [-0.39, 0.29) is 29.7 Å². The van der Waals surface area contributed by atoms with Gasteiger partial charge in [0.2, 0.25) is 11.8 Å². The van der Waals surface area contributed by atoms with Crippen molar-refractivity contribution < 1.29 is 19.4 Å². The molecule has 2 N–H and O–H groups in total. The molecule has 10 nitrogen and oxygen atoms in total. The van der Waals surface area contributed by atoms with E-state index in [0.29, 0.717) is 16.8 Å². The number of nitro benzene ring substituents is 2. The predicted octanol–water partition coefficient (Wildman–Crippen LogP) is 4.48. The lowest BCUT2D eigenvalue weighted by Gasteiger charge is -2.07. The number of benzene rings is 3. The monoisotopic (exact) mass is 472 g/mol. The van der Waals surface area contributed by atoms with Crippen molar-refractivity contribution in [1.29, 1.82) is 0 Å². The first-order valence-electron chi connectivity index (χ1n) is 10.3. The second-order valence-electron chi connectivity index (χ2n) is 7.27. The minimum absolute atomic E-state index is 0.0274. The van der Waals surface area contributed by atoms with Crippen LogP contribution in [0.3, 0.4) is 0 Å². The van der Waals surface area contributed by atoms with Crippen LogP contribution in [0.1, 0.15) is 16.7 Å². The van der Waals surface area contributed by atoms with Gasteiger partial charge in [0.05, 0.1) is 9.85 Å². The van der Waals surface area contributed by atoms with Crippen molar-refractivity contribution in [2.75, 3.05) is 5.32 Å². The van der Waals surface area contributed by atoms with Gasteiger partial charge >= 0.3 is 0 Å². The molecule has 3 aromatic carbocycles. The molecule has 35 heavy (non-hydrogen) atoms. The van der Waals surface area contributed by atoms with Crippen molar-refractivity contribution in [2.24, 2.45) is 0 Å². The van der Waals surface area contributed by atoms with E-state index in [0.717, 1.165) is 5.56 Å². The summed E-state index contributed by atoms with van der Waals surface area (Å²) in [4.78, 5) is 44.7. The molecule has 0 spiro atoms. The zero-order valence-electron chi connectivity index (χ0n) is 18.3. The van der Waals surface area contributed by atoms with Gasteiger partial charge in [-0.1, -0.05) is 12.1 Å². The molecule has 0 aliphatic rings. The first kappa shape index (κ1) is 24.5. The lowest BCUT2D eigenvalue weighted by atomic mass is 10.1. The Morgan fingerprint density at radius 3 is 1.77 bits per heavy atom. The summed E-state index contributed by atoms with van der Waals surface area (Å²) < 4.78 is 0. The number of amides is 2. The molecular weight excluding hydrogens is 452 g/mol. The summed E-state index contributed by atoms with van der Waals surface area (Å²) in [6.45, 7) is 0.228. The van der Waals surface area contributed by atoms with Crippen molar-refractivity contribution in [3.63, 3.8) is 0 Å². The molecule has 3 aromatic rings. The highest BCUT2D eigenvalue weighted by Gasteiger charge is 2.05. The maximum Gasteiger partial charge on any atom is 0.269 e. The van der Waals surface area contributed by atoms with E-state index in [9.17, 15) is 29.8 Å². The van der Waals surface area contributed by atoms with Gasteiger partial charge in [0.15, 0.2) is 0 Å². The van der Waals surface area contributed by atoms with E-state index in [4.69, 9.17) is 0 Å². The van der Waals surface area contributed by atoms with Crippen LogP contribution < -0.4 is 10.6 Å². The molecule has 0 unspecified atom stereocenters. The van der Waals surface area contributed by atoms with E-state index >= 15 is 0 Å². The molecule has 176 valence electrons. The molecule has 0 fully saturated rings. The molecule has 0 aliphatic carbocycles. The van der Waals surface area contributed by atoms with Gasteiger partial charge in [0, 0.05) is 48.6 Å². The number of nitrogens with one attached hydrogen (secondary N) is 2. The summed E-state index contributed by atoms with van der Waals surface area (Å²) in [6.07, 6.45) is 5.74. The zero-order chi connectivity index (χ0) is 25.2. The standard InChI is InChI=1S/C25H20N4O6/c30-24(14-8-18-4-10-22(11-5-18)28(32)33)26-17-20-2-1-3-21(16-20)27-25(31)15-9-19-6-12-23(13-7-19)29(34)35/h1-16H,17H2,(H,26,30)(H,27,31). The maximum absolute atomic E-state index is 12.2. The van der Waals surface area contributed by atoms with Crippen LogP contribution in [-0.2, 0) is 16.1 Å². The number of carbonyl (C=O) groups excluding carboxylic acids is 2. The van der Waals surface area contributed by atoms with Crippen LogP contribution in [0.25, 0.3) is 12.2 Å². The number of hydrogen-bond acceptors (Lipinski definition) is 6. The first-order chi connectivity index (χ1) is 16.8. The molecule has 0 aromatic heterocycles. The minimum Gasteiger partial charge on any atom is -0.348 e. The first-order valence-corrected chi connectivity index (χ1v) is 10.3. The Kier molecular flexibility index (Phi) is 8.17. The van der Waals surface area contributed by atoms with Gasteiger partial charge in [-0.3, -0.25) is 29.8 Å². The number of hydrogen-bond donors (Lipinski definition) is 2. The SMILES string of the molecule is O=C(C=Cc1ccc([N+](=O)[O-])cc1)NCc1cccc(NC(=O)C=Cc2ccc([N+](=O)[O-])cc2)c1. The van der Waals surface area contributed by atoms with Crippen molar-refractivity contribution >= 4 is 41.0 Å². The number of rotatable bonds is 9. The second kappa shape index (κ2) is 11.7. The summed E-state index contributed by atoms with van der Waals surface area (Å²) in [5.41, 5.74) is 2.54. The smallest absolute Gasteiger partial charge is 0.269 e. The third-order valence-corrected chi connectivity index (χ3v) is 4.72. The summed E-state index contributed by atoms with van der Waals surface area (Å²) in [7, 11) is 0. The van der Waals surface area contributed by atoms with E-state index in [1.807, 2.05) is 0 Å². The molecule has 10 heteroatoms. The fraction of sp³-hybridized carbons (Fsp3) is 0.0400. The van der Waals surface area contributed by atoms with Crippen LogP contribution in [0.15, 0.2) is 84.9 Å². The molecule has 0 heterocycles. The second-order valence-corrected chi connectivity index (χ2v) is 7.27. The number of nitro groups is 2. The van der Waals surface area contributed by atoms with E-state index < -0.39 is 9.85 Å². The maximum atomic E-state index is 12.2. The topological polar surface area (TPSA) is 144 Å². The van der Waals surface area contributed by atoms with Gasteiger partial charge in [-0.15, -0.1) is 0 Å². The van der Waals surface area contributed by atoms with Crippen LogP contribution >= 0.6 is 0 Å². The third kappa shape index (κ3) is 7.75. The molecule has 2 amide bonds. The van der Waals surface area contributed by atoms with Crippen molar-refractivity contribution in [2.45, 2.75) is 6.54 Å². The highest BCUT2D eigenvalue weighted by atomic mass is 16.6.